The van der Waals surface area contributed by atoms with Gasteiger partial charge in [0.15, 0.2) is 0 Å². The van der Waals surface area contributed by atoms with E-state index >= 15 is 0 Å². The molecular weight excluding hydrogens is 558 g/mol. The summed E-state index contributed by atoms with van der Waals surface area (Å²) in [5.74, 6) is -3.93. The Morgan fingerprint density at radius 3 is 2.03 bits per heavy atom. The molecule has 0 aliphatic carbocycles. The predicted octanol–water partition coefficient (Wildman–Crippen LogP) is 3.84. The summed E-state index contributed by atoms with van der Waals surface area (Å²) in [7, 11) is 4.56. The monoisotopic (exact) mass is 579 g/mol. The average Bonchev–Trinajstić information content (AvgIpc) is 3.30. The van der Waals surface area contributed by atoms with E-state index in [4.69, 9.17) is 9.47 Å². The Bertz CT molecular complexity index is 1260. The zero-order valence-electron chi connectivity index (χ0n) is 19.9. The molecule has 2 rings (SSSR count). The first-order valence-corrected chi connectivity index (χ1v) is 11.7. The lowest BCUT2D eigenvalue weighted by atomic mass is 10.0. The van der Waals surface area contributed by atoms with E-state index in [1.165, 1.54) is 16.2 Å². The number of esters is 4. The van der Waals surface area contributed by atoms with E-state index in [9.17, 15) is 24.0 Å². The molecule has 0 unspecified atom stereocenters. The third-order valence-electron chi connectivity index (χ3n) is 4.69. The summed E-state index contributed by atoms with van der Waals surface area (Å²) in [6.45, 7) is 1.57. The quantitative estimate of drug-likeness (QED) is 0.187. The highest BCUT2D eigenvalue weighted by Crippen LogP contribution is 2.29. The molecule has 0 aliphatic heterocycles. The van der Waals surface area contributed by atoms with E-state index in [2.05, 4.69) is 25.4 Å². The summed E-state index contributed by atoms with van der Waals surface area (Å²) in [4.78, 5) is 62.4. The lowest BCUT2D eigenvalue weighted by Crippen LogP contribution is -2.16. The Morgan fingerprint density at radius 2 is 1.50 bits per heavy atom. The fraction of sp³-hybridized carbons (Fsp3) is 0.208. The number of methoxy groups -OCH3 is 4. The average molecular weight is 580 g/mol. The molecule has 0 aliphatic rings. The number of halogens is 1. The van der Waals surface area contributed by atoms with Crippen molar-refractivity contribution >= 4 is 63.0 Å². The van der Waals surface area contributed by atoms with E-state index < -0.39 is 29.7 Å². The molecule has 36 heavy (non-hydrogen) atoms. The van der Waals surface area contributed by atoms with Crippen molar-refractivity contribution in [3.05, 3.63) is 73.7 Å². The molecule has 0 radical (unpaired) electrons. The maximum atomic E-state index is 13.5. The number of allylic oxidation sites excluding steroid dienone is 1. The zero-order valence-corrected chi connectivity index (χ0v) is 22.4. The van der Waals surface area contributed by atoms with Crippen molar-refractivity contribution in [2.75, 3.05) is 28.4 Å². The maximum Gasteiger partial charge on any atom is 0.344 e. The van der Waals surface area contributed by atoms with Crippen LogP contribution < -0.4 is 0 Å². The lowest BCUT2D eigenvalue weighted by Gasteiger charge is -2.11. The van der Waals surface area contributed by atoms with E-state index in [-0.39, 0.29) is 27.3 Å². The predicted molar refractivity (Wildman–Crippen MR) is 134 cm³/mol. The molecule has 1 heterocycles. The molecule has 10 nitrogen and oxygen atoms in total. The molecule has 0 fully saturated rings. The van der Waals surface area contributed by atoms with Gasteiger partial charge < -0.3 is 23.5 Å². The number of thioether (sulfide) groups is 1. The zero-order chi connectivity index (χ0) is 27.0. The van der Waals surface area contributed by atoms with Gasteiger partial charge in [-0.25, -0.2) is 19.2 Å². The fourth-order valence-electron chi connectivity index (χ4n) is 2.93. The number of ether oxygens (including phenoxy) is 4. The number of benzene rings is 1. The van der Waals surface area contributed by atoms with Gasteiger partial charge >= 0.3 is 23.9 Å². The van der Waals surface area contributed by atoms with Gasteiger partial charge in [0, 0.05) is 28.0 Å². The Labute approximate surface area is 219 Å². The molecule has 0 atom stereocenters. The minimum Gasteiger partial charge on any atom is -0.466 e. The molecule has 0 saturated carbocycles. The van der Waals surface area contributed by atoms with Crippen molar-refractivity contribution in [2.24, 2.45) is 0 Å². The second-order valence-electron chi connectivity index (χ2n) is 6.86. The number of aromatic nitrogens is 1. The van der Waals surface area contributed by atoms with Crippen LogP contribution in [0, 0.1) is 0 Å². The second kappa shape index (κ2) is 12.9. The van der Waals surface area contributed by atoms with Gasteiger partial charge in [-0.05, 0) is 36.6 Å². The smallest absolute Gasteiger partial charge is 0.344 e. The number of carbonyl (C=O) groups is 5. The van der Waals surface area contributed by atoms with Crippen LogP contribution in [-0.4, -0.2) is 62.7 Å². The van der Waals surface area contributed by atoms with Crippen molar-refractivity contribution in [1.82, 2.24) is 4.57 Å². The van der Waals surface area contributed by atoms with Gasteiger partial charge in [0.25, 0.3) is 0 Å². The number of hydrogen-bond acceptors (Lipinski definition) is 10. The van der Waals surface area contributed by atoms with Crippen LogP contribution in [-0.2, 0) is 28.5 Å². The summed E-state index contributed by atoms with van der Waals surface area (Å²) in [5, 5.41) is 1.44. The highest BCUT2D eigenvalue weighted by molar-refractivity contribution is 9.10. The number of carbonyl (C=O) groups excluding carboxylic acids is 5. The van der Waals surface area contributed by atoms with Crippen molar-refractivity contribution in [2.45, 2.75) is 6.92 Å². The summed E-state index contributed by atoms with van der Waals surface area (Å²) in [6, 6.07) is 6.40. The third kappa shape index (κ3) is 6.52. The third-order valence-corrected chi connectivity index (χ3v) is 6.22. The summed E-state index contributed by atoms with van der Waals surface area (Å²) in [5.41, 5.74) is -0.0782. The summed E-state index contributed by atoms with van der Waals surface area (Å²) >= 11 is 4.12. The van der Waals surface area contributed by atoms with Gasteiger partial charge in [0.2, 0.25) is 5.78 Å². The fourth-order valence-corrected chi connectivity index (χ4v) is 3.95. The molecule has 2 aromatic rings. The maximum absolute atomic E-state index is 13.5. The highest BCUT2D eigenvalue weighted by atomic mass is 79.9. The first kappa shape index (κ1) is 28.6. The van der Waals surface area contributed by atoms with Crippen LogP contribution in [0.2, 0.25) is 0 Å². The molecule has 190 valence electrons. The molecule has 1 aromatic carbocycles. The highest BCUT2D eigenvalue weighted by Gasteiger charge is 2.32. The first-order chi connectivity index (χ1) is 17.1. The molecule has 0 spiro atoms. The van der Waals surface area contributed by atoms with Crippen LogP contribution in [0.5, 0.6) is 0 Å². The molecule has 0 saturated heterocycles. The van der Waals surface area contributed by atoms with Gasteiger partial charge in [-0.15, -0.1) is 0 Å². The Hall–Kier alpha value is -3.64. The van der Waals surface area contributed by atoms with Crippen LogP contribution in [0.3, 0.4) is 0 Å². The minimum atomic E-state index is -0.920. The van der Waals surface area contributed by atoms with Crippen LogP contribution in [0.15, 0.2) is 51.3 Å². The van der Waals surface area contributed by atoms with Crippen LogP contribution in [0.4, 0.5) is 0 Å². The van der Waals surface area contributed by atoms with Gasteiger partial charge in [0.05, 0.1) is 34.0 Å². The number of ketones is 1. The molecule has 12 heteroatoms. The van der Waals surface area contributed by atoms with Gasteiger partial charge in [0.1, 0.15) is 16.2 Å². The molecule has 0 bridgehead atoms. The summed E-state index contributed by atoms with van der Waals surface area (Å²) in [6.07, 6.45) is 2.21. The molecule has 1 aromatic heterocycles. The minimum absolute atomic E-state index is 0.0991. The van der Waals surface area contributed by atoms with Crippen molar-refractivity contribution in [1.29, 1.82) is 0 Å². The number of nitrogens with zero attached hydrogens (tertiary/aromatic N) is 1. The van der Waals surface area contributed by atoms with Crippen LogP contribution >= 0.6 is 27.7 Å². The molecule has 0 amide bonds. The van der Waals surface area contributed by atoms with Crippen molar-refractivity contribution in [3.8, 4) is 0 Å². The normalized spacial score (nSPS) is 11.5. The topological polar surface area (TPSA) is 127 Å². The summed E-state index contributed by atoms with van der Waals surface area (Å²) < 4.78 is 20.9. The van der Waals surface area contributed by atoms with Crippen LogP contribution in [0.25, 0.3) is 5.70 Å². The Balaban J connectivity index is 2.74. The lowest BCUT2D eigenvalue weighted by molar-refractivity contribution is -0.137. The SMILES string of the molecule is COC(=O)/C=C(\S/C=C(/C)n1cc(C(=O)OC)c(C(=O)OC)c1C(=O)c1ccc(Br)cc1)C(=O)OC. The van der Waals surface area contributed by atoms with Crippen molar-refractivity contribution < 1.29 is 42.9 Å². The van der Waals surface area contributed by atoms with Gasteiger partial charge in [-0.3, -0.25) is 4.79 Å². The second-order valence-corrected chi connectivity index (χ2v) is 8.68. The van der Waals surface area contributed by atoms with E-state index in [1.807, 2.05) is 0 Å². The standard InChI is InChI=1S/C24H22BrNO9S/c1-13(12-36-17(23(30)34-4)10-18(27)32-2)26-11-16(22(29)33-3)19(24(31)35-5)20(26)21(28)14-6-8-15(25)9-7-14/h6-12H,1-5H3/b13-12-,17-10-. The Kier molecular flexibility index (Phi) is 10.2. The van der Waals surface area contributed by atoms with E-state index in [1.54, 1.807) is 31.2 Å². The van der Waals surface area contributed by atoms with Gasteiger partial charge in [-0.2, -0.15) is 0 Å². The first-order valence-electron chi connectivity index (χ1n) is 10.0. The largest absolute Gasteiger partial charge is 0.466 e. The number of hydrogen-bond donors (Lipinski definition) is 0. The van der Waals surface area contributed by atoms with Gasteiger partial charge in [-0.1, -0.05) is 27.7 Å². The van der Waals surface area contributed by atoms with E-state index in [0.29, 0.717) is 5.70 Å². The van der Waals surface area contributed by atoms with E-state index in [0.717, 1.165) is 50.7 Å². The number of rotatable bonds is 9. The van der Waals surface area contributed by atoms with Crippen molar-refractivity contribution in [3.63, 3.8) is 0 Å². The Morgan fingerprint density at radius 1 is 0.889 bits per heavy atom. The molecule has 0 N–H and O–H groups in total. The molecular formula is C24H22BrNO9S. The van der Waals surface area contributed by atoms with Crippen LogP contribution in [0.1, 0.15) is 43.7 Å².